The molecule has 0 saturated carbocycles. The number of hydrogen-bond acceptors (Lipinski definition) is 3. The summed E-state index contributed by atoms with van der Waals surface area (Å²) < 4.78 is 0. The summed E-state index contributed by atoms with van der Waals surface area (Å²) in [7, 11) is 3.99. The van der Waals surface area contributed by atoms with E-state index in [0.29, 0.717) is 6.54 Å². The first-order valence-corrected chi connectivity index (χ1v) is 7.97. The van der Waals surface area contributed by atoms with Gasteiger partial charge in [0.1, 0.15) is 0 Å². The molecule has 0 aliphatic heterocycles. The van der Waals surface area contributed by atoms with Crippen LogP contribution in [0, 0.1) is 0 Å². The van der Waals surface area contributed by atoms with Crippen molar-refractivity contribution in [3.05, 3.63) is 60.2 Å². The first-order chi connectivity index (χ1) is 11.1. The average Bonchev–Trinajstić information content (AvgIpc) is 2.56. The van der Waals surface area contributed by atoms with E-state index in [-0.39, 0.29) is 5.91 Å². The predicted octanol–water partition coefficient (Wildman–Crippen LogP) is 2.91. The van der Waals surface area contributed by atoms with Crippen LogP contribution < -0.4 is 15.5 Å². The highest BCUT2D eigenvalue weighted by Gasteiger charge is 2.02. The monoisotopic (exact) mass is 311 g/mol. The number of nitrogens with one attached hydrogen (secondary N) is 2. The summed E-state index contributed by atoms with van der Waals surface area (Å²) in [6.45, 7) is 1.17. The normalized spacial score (nSPS) is 10.3. The lowest BCUT2D eigenvalue weighted by atomic mass is 10.1. The van der Waals surface area contributed by atoms with Crippen molar-refractivity contribution in [3.63, 3.8) is 0 Å². The number of carbonyl (C=O) groups is 1. The van der Waals surface area contributed by atoms with Crippen molar-refractivity contribution in [1.29, 1.82) is 0 Å². The molecule has 0 bridgehead atoms. The third-order valence-corrected chi connectivity index (χ3v) is 3.61. The van der Waals surface area contributed by atoms with Crippen LogP contribution in [0.1, 0.15) is 12.0 Å². The maximum absolute atomic E-state index is 11.9. The van der Waals surface area contributed by atoms with E-state index >= 15 is 0 Å². The molecular weight excluding hydrogens is 286 g/mol. The second-order valence-corrected chi connectivity index (χ2v) is 5.76. The largest absolute Gasteiger partial charge is 0.378 e. The standard InChI is InChI=1S/C19H25N3O/c1-22(2)18-12-10-17(11-13-18)21-19(23)15-20-14-6-9-16-7-4-3-5-8-16/h3-5,7-8,10-13,20H,6,9,14-15H2,1-2H3,(H,21,23). The van der Waals surface area contributed by atoms with Gasteiger partial charge in [-0.3, -0.25) is 4.79 Å². The summed E-state index contributed by atoms with van der Waals surface area (Å²) in [5, 5.41) is 6.08. The second kappa shape index (κ2) is 8.96. The molecule has 0 atom stereocenters. The number of rotatable bonds is 8. The third-order valence-electron chi connectivity index (χ3n) is 3.61. The van der Waals surface area contributed by atoms with Gasteiger partial charge in [-0.2, -0.15) is 0 Å². The number of nitrogens with zero attached hydrogens (tertiary/aromatic N) is 1. The Morgan fingerprint density at radius 3 is 2.35 bits per heavy atom. The first-order valence-electron chi connectivity index (χ1n) is 7.97. The quantitative estimate of drug-likeness (QED) is 0.737. The second-order valence-electron chi connectivity index (χ2n) is 5.76. The van der Waals surface area contributed by atoms with Crippen molar-refractivity contribution in [2.75, 3.05) is 37.4 Å². The van der Waals surface area contributed by atoms with E-state index in [2.05, 4.69) is 34.9 Å². The van der Waals surface area contributed by atoms with Crippen LogP contribution in [0.5, 0.6) is 0 Å². The SMILES string of the molecule is CN(C)c1ccc(NC(=O)CNCCCc2ccccc2)cc1. The van der Waals surface area contributed by atoms with Gasteiger partial charge in [0.2, 0.25) is 5.91 Å². The van der Waals surface area contributed by atoms with Gasteiger partial charge in [-0.25, -0.2) is 0 Å². The Balaban J connectivity index is 1.63. The van der Waals surface area contributed by atoms with Crippen LogP contribution in [0.25, 0.3) is 0 Å². The van der Waals surface area contributed by atoms with E-state index in [9.17, 15) is 4.79 Å². The maximum atomic E-state index is 11.9. The molecule has 0 aliphatic rings. The van der Waals surface area contributed by atoms with Crippen LogP contribution in [-0.2, 0) is 11.2 Å². The van der Waals surface area contributed by atoms with Gasteiger partial charge < -0.3 is 15.5 Å². The smallest absolute Gasteiger partial charge is 0.238 e. The molecule has 122 valence electrons. The summed E-state index contributed by atoms with van der Waals surface area (Å²) in [5.41, 5.74) is 3.27. The summed E-state index contributed by atoms with van der Waals surface area (Å²) in [5.74, 6) is -0.0117. The molecule has 0 heterocycles. The Bertz CT molecular complexity index is 594. The summed E-state index contributed by atoms with van der Waals surface area (Å²) in [4.78, 5) is 13.9. The Morgan fingerprint density at radius 1 is 1.00 bits per heavy atom. The van der Waals surface area contributed by atoms with Crippen molar-refractivity contribution < 1.29 is 4.79 Å². The highest BCUT2D eigenvalue weighted by molar-refractivity contribution is 5.92. The Hall–Kier alpha value is -2.33. The van der Waals surface area contributed by atoms with Crippen molar-refractivity contribution in [3.8, 4) is 0 Å². The van der Waals surface area contributed by atoms with Crippen LogP contribution in [0.3, 0.4) is 0 Å². The van der Waals surface area contributed by atoms with E-state index in [1.807, 2.05) is 49.3 Å². The minimum atomic E-state index is -0.0117. The Morgan fingerprint density at radius 2 is 1.70 bits per heavy atom. The number of anilines is 2. The van der Waals surface area contributed by atoms with Gasteiger partial charge in [-0.1, -0.05) is 30.3 Å². The molecule has 0 fully saturated rings. The number of aryl methyl sites for hydroxylation is 1. The predicted molar refractivity (Wildman–Crippen MR) is 97.0 cm³/mol. The first kappa shape index (κ1) is 17.0. The van der Waals surface area contributed by atoms with Crippen molar-refractivity contribution in [2.45, 2.75) is 12.8 Å². The molecular formula is C19H25N3O. The van der Waals surface area contributed by atoms with Crippen LogP contribution in [-0.4, -0.2) is 33.1 Å². The van der Waals surface area contributed by atoms with Crippen LogP contribution in [0.15, 0.2) is 54.6 Å². The molecule has 4 nitrogen and oxygen atoms in total. The van der Waals surface area contributed by atoms with Crippen LogP contribution in [0.2, 0.25) is 0 Å². The average molecular weight is 311 g/mol. The molecule has 0 unspecified atom stereocenters. The molecule has 2 aromatic rings. The van der Waals surface area contributed by atoms with Gasteiger partial charge in [0, 0.05) is 25.5 Å². The fourth-order valence-corrected chi connectivity index (χ4v) is 2.31. The van der Waals surface area contributed by atoms with Gasteiger partial charge in [0.05, 0.1) is 6.54 Å². The number of carbonyl (C=O) groups excluding carboxylic acids is 1. The highest BCUT2D eigenvalue weighted by atomic mass is 16.1. The zero-order chi connectivity index (χ0) is 16.5. The molecule has 0 saturated heterocycles. The summed E-state index contributed by atoms with van der Waals surface area (Å²) in [6, 6.07) is 18.2. The summed E-state index contributed by atoms with van der Waals surface area (Å²) in [6.07, 6.45) is 2.05. The Kier molecular flexibility index (Phi) is 6.63. The van der Waals surface area contributed by atoms with E-state index in [0.717, 1.165) is 30.8 Å². The lowest BCUT2D eigenvalue weighted by Crippen LogP contribution is -2.29. The van der Waals surface area contributed by atoms with E-state index in [4.69, 9.17) is 0 Å². The van der Waals surface area contributed by atoms with Crippen LogP contribution in [0.4, 0.5) is 11.4 Å². The van der Waals surface area contributed by atoms with Gasteiger partial charge >= 0.3 is 0 Å². The van der Waals surface area contributed by atoms with E-state index < -0.39 is 0 Å². The molecule has 2 N–H and O–H groups in total. The zero-order valence-electron chi connectivity index (χ0n) is 13.9. The minimum absolute atomic E-state index is 0.0117. The van der Waals surface area contributed by atoms with Crippen molar-refractivity contribution >= 4 is 17.3 Å². The summed E-state index contributed by atoms with van der Waals surface area (Å²) >= 11 is 0. The molecule has 0 aliphatic carbocycles. The number of hydrogen-bond donors (Lipinski definition) is 2. The molecule has 0 spiro atoms. The minimum Gasteiger partial charge on any atom is -0.378 e. The fraction of sp³-hybridized carbons (Fsp3) is 0.316. The topological polar surface area (TPSA) is 44.4 Å². The molecule has 2 rings (SSSR count). The third kappa shape index (κ3) is 6.12. The lowest BCUT2D eigenvalue weighted by Gasteiger charge is -2.13. The maximum Gasteiger partial charge on any atom is 0.238 e. The molecule has 1 amide bonds. The fourth-order valence-electron chi connectivity index (χ4n) is 2.31. The highest BCUT2D eigenvalue weighted by Crippen LogP contribution is 2.15. The van der Waals surface area contributed by atoms with E-state index in [1.165, 1.54) is 5.56 Å². The zero-order valence-corrected chi connectivity index (χ0v) is 13.9. The molecule has 4 heteroatoms. The number of benzene rings is 2. The van der Waals surface area contributed by atoms with Crippen LogP contribution >= 0.6 is 0 Å². The van der Waals surface area contributed by atoms with Crippen molar-refractivity contribution in [1.82, 2.24) is 5.32 Å². The van der Waals surface area contributed by atoms with Gasteiger partial charge in [0.25, 0.3) is 0 Å². The lowest BCUT2D eigenvalue weighted by molar-refractivity contribution is -0.115. The van der Waals surface area contributed by atoms with E-state index in [1.54, 1.807) is 0 Å². The number of amides is 1. The molecule has 0 aromatic heterocycles. The Labute approximate surface area is 138 Å². The molecule has 23 heavy (non-hydrogen) atoms. The van der Waals surface area contributed by atoms with Gasteiger partial charge in [-0.05, 0) is 49.2 Å². The molecule has 0 radical (unpaired) electrons. The molecule has 2 aromatic carbocycles. The van der Waals surface area contributed by atoms with Gasteiger partial charge in [0.15, 0.2) is 0 Å². The van der Waals surface area contributed by atoms with Crippen molar-refractivity contribution in [2.24, 2.45) is 0 Å². The van der Waals surface area contributed by atoms with Gasteiger partial charge in [-0.15, -0.1) is 0 Å².